The summed E-state index contributed by atoms with van der Waals surface area (Å²) < 4.78 is 11.1. The maximum atomic E-state index is 6.02. The number of nitrogens with two attached hydrogens (primary N) is 1. The molecule has 0 aliphatic heterocycles. The van der Waals surface area contributed by atoms with Gasteiger partial charge in [0.15, 0.2) is 0 Å². The number of hydrogen-bond donors (Lipinski definition) is 1. The predicted molar refractivity (Wildman–Crippen MR) is 70.5 cm³/mol. The van der Waals surface area contributed by atoms with E-state index in [0.717, 1.165) is 11.3 Å². The molecule has 0 bridgehead atoms. The maximum Gasteiger partial charge on any atom is 0.120 e. The molecule has 96 valence electrons. The minimum atomic E-state index is -0.135. The van der Waals surface area contributed by atoms with Crippen LogP contribution >= 0.6 is 11.6 Å². The molecule has 17 heavy (non-hydrogen) atoms. The third kappa shape index (κ3) is 5.39. The van der Waals surface area contributed by atoms with Crippen LogP contribution in [0.4, 0.5) is 0 Å². The Morgan fingerprint density at radius 2 is 1.94 bits per heavy atom. The second-order valence-corrected chi connectivity index (χ2v) is 5.17. The zero-order valence-corrected chi connectivity index (χ0v) is 11.4. The molecule has 0 aliphatic carbocycles. The topological polar surface area (TPSA) is 44.5 Å². The fourth-order valence-corrected chi connectivity index (χ4v) is 1.54. The minimum absolute atomic E-state index is 0.135. The van der Waals surface area contributed by atoms with Crippen molar-refractivity contribution in [3.05, 3.63) is 28.8 Å². The first kappa shape index (κ1) is 14.3. The lowest BCUT2D eigenvalue weighted by atomic mass is 10.2. The van der Waals surface area contributed by atoms with Crippen LogP contribution in [0.2, 0.25) is 5.02 Å². The second-order valence-electron chi connectivity index (χ2n) is 4.77. The molecular weight excluding hydrogens is 238 g/mol. The molecule has 3 nitrogen and oxygen atoms in total. The van der Waals surface area contributed by atoms with E-state index in [1.165, 1.54) is 0 Å². The molecule has 1 aromatic carbocycles. The van der Waals surface area contributed by atoms with Crippen LogP contribution < -0.4 is 10.5 Å². The van der Waals surface area contributed by atoms with E-state index in [9.17, 15) is 0 Å². The Bertz CT molecular complexity index is 361. The highest BCUT2D eigenvalue weighted by molar-refractivity contribution is 6.31. The minimum Gasteiger partial charge on any atom is -0.491 e. The zero-order valence-electron chi connectivity index (χ0n) is 10.6. The van der Waals surface area contributed by atoms with E-state index in [-0.39, 0.29) is 5.60 Å². The lowest BCUT2D eigenvalue weighted by molar-refractivity contribution is -0.0163. The molecule has 2 N–H and O–H groups in total. The van der Waals surface area contributed by atoms with Gasteiger partial charge in [-0.05, 0) is 38.5 Å². The number of halogens is 1. The van der Waals surface area contributed by atoms with Gasteiger partial charge in [0.2, 0.25) is 0 Å². The fraction of sp³-hybridized carbons (Fsp3) is 0.538. The largest absolute Gasteiger partial charge is 0.491 e. The molecule has 0 aromatic heterocycles. The van der Waals surface area contributed by atoms with E-state index in [2.05, 4.69) is 0 Å². The quantitative estimate of drug-likeness (QED) is 0.825. The second kappa shape index (κ2) is 6.24. The number of rotatable bonds is 5. The highest BCUT2D eigenvalue weighted by Gasteiger charge is 2.09. The molecule has 1 rings (SSSR count). The van der Waals surface area contributed by atoms with Gasteiger partial charge in [-0.1, -0.05) is 17.7 Å². The molecule has 0 heterocycles. The van der Waals surface area contributed by atoms with Crippen LogP contribution in [0, 0.1) is 0 Å². The molecule has 0 fully saturated rings. The van der Waals surface area contributed by atoms with E-state index in [1.807, 2.05) is 32.9 Å². The standard InChI is InChI=1S/C13H20ClNO2/c1-13(2,3)17-7-6-16-11-5-4-10(9-15)12(14)8-11/h4-5,8H,6-7,9,15H2,1-3H3. The van der Waals surface area contributed by atoms with Gasteiger partial charge in [-0.25, -0.2) is 0 Å². The normalized spacial score (nSPS) is 11.6. The third-order valence-corrected chi connectivity index (χ3v) is 2.48. The molecule has 0 saturated carbocycles. The van der Waals surface area contributed by atoms with Crippen molar-refractivity contribution in [2.75, 3.05) is 13.2 Å². The molecule has 1 aromatic rings. The molecule has 0 radical (unpaired) electrons. The van der Waals surface area contributed by atoms with Crippen molar-refractivity contribution in [1.29, 1.82) is 0 Å². The first-order chi connectivity index (χ1) is 7.92. The van der Waals surface area contributed by atoms with Gasteiger partial charge in [0.1, 0.15) is 12.4 Å². The van der Waals surface area contributed by atoms with Gasteiger partial charge in [0, 0.05) is 11.6 Å². The van der Waals surface area contributed by atoms with Crippen LogP contribution in [-0.4, -0.2) is 18.8 Å². The first-order valence-corrected chi connectivity index (χ1v) is 6.05. The summed E-state index contributed by atoms with van der Waals surface area (Å²) in [5.74, 6) is 0.740. The van der Waals surface area contributed by atoms with Crippen molar-refractivity contribution in [1.82, 2.24) is 0 Å². The fourth-order valence-electron chi connectivity index (χ4n) is 1.29. The summed E-state index contributed by atoms with van der Waals surface area (Å²) in [6.07, 6.45) is 0. The Balaban J connectivity index is 2.40. The van der Waals surface area contributed by atoms with Crippen molar-refractivity contribution in [3.8, 4) is 5.75 Å². The molecule has 0 aliphatic rings. The van der Waals surface area contributed by atoms with Crippen molar-refractivity contribution in [2.24, 2.45) is 5.73 Å². The maximum absolute atomic E-state index is 6.02. The summed E-state index contributed by atoms with van der Waals surface area (Å²) in [4.78, 5) is 0. The van der Waals surface area contributed by atoms with Crippen molar-refractivity contribution >= 4 is 11.6 Å². The van der Waals surface area contributed by atoms with Gasteiger partial charge in [-0.3, -0.25) is 0 Å². The summed E-state index contributed by atoms with van der Waals surface area (Å²) in [5.41, 5.74) is 6.31. The van der Waals surface area contributed by atoms with Gasteiger partial charge in [-0.15, -0.1) is 0 Å². The highest BCUT2D eigenvalue weighted by atomic mass is 35.5. The van der Waals surface area contributed by atoms with Gasteiger partial charge >= 0.3 is 0 Å². The summed E-state index contributed by atoms with van der Waals surface area (Å²) in [6, 6.07) is 5.52. The van der Waals surface area contributed by atoms with Gasteiger partial charge in [0.05, 0.1) is 12.2 Å². The monoisotopic (exact) mass is 257 g/mol. The summed E-state index contributed by atoms with van der Waals surface area (Å²) >= 11 is 6.02. The number of ether oxygens (including phenoxy) is 2. The zero-order chi connectivity index (χ0) is 12.9. The van der Waals surface area contributed by atoms with E-state index in [1.54, 1.807) is 6.07 Å². The van der Waals surface area contributed by atoms with Crippen LogP contribution in [0.1, 0.15) is 26.3 Å². The SMILES string of the molecule is CC(C)(C)OCCOc1ccc(CN)c(Cl)c1. The summed E-state index contributed by atoms with van der Waals surface area (Å²) in [5, 5.41) is 0.640. The first-order valence-electron chi connectivity index (χ1n) is 5.67. The Labute approximate surface area is 108 Å². The van der Waals surface area contributed by atoms with Gasteiger partial charge in [-0.2, -0.15) is 0 Å². The Hall–Kier alpha value is -0.770. The summed E-state index contributed by atoms with van der Waals surface area (Å²) in [7, 11) is 0. The molecule has 0 saturated heterocycles. The van der Waals surface area contributed by atoms with E-state index in [0.29, 0.717) is 24.8 Å². The van der Waals surface area contributed by atoms with Crippen LogP contribution in [0.3, 0.4) is 0 Å². The van der Waals surface area contributed by atoms with Gasteiger partial charge < -0.3 is 15.2 Å². The van der Waals surface area contributed by atoms with Crippen LogP contribution in [0.25, 0.3) is 0 Å². The molecule has 0 unspecified atom stereocenters. The van der Waals surface area contributed by atoms with E-state index >= 15 is 0 Å². The van der Waals surface area contributed by atoms with Crippen LogP contribution in [0.5, 0.6) is 5.75 Å². The lowest BCUT2D eigenvalue weighted by Crippen LogP contribution is -2.22. The smallest absolute Gasteiger partial charge is 0.120 e. The average Bonchev–Trinajstić information content (AvgIpc) is 2.23. The predicted octanol–water partition coefficient (Wildman–Crippen LogP) is 2.99. The Kier molecular flexibility index (Phi) is 5.25. The number of hydrogen-bond acceptors (Lipinski definition) is 3. The Morgan fingerprint density at radius 1 is 1.24 bits per heavy atom. The van der Waals surface area contributed by atoms with Gasteiger partial charge in [0.25, 0.3) is 0 Å². The lowest BCUT2D eigenvalue weighted by Gasteiger charge is -2.19. The van der Waals surface area contributed by atoms with Crippen molar-refractivity contribution in [2.45, 2.75) is 32.9 Å². The molecule has 0 spiro atoms. The van der Waals surface area contributed by atoms with E-state index < -0.39 is 0 Å². The summed E-state index contributed by atoms with van der Waals surface area (Å²) in [6.45, 7) is 7.54. The van der Waals surface area contributed by atoms with Crippen molar-refractivity contribution < 1.29 is 9.47 Å². The van der Waals surface area contributed by atoms with E-state index in [4.69, 9.17) is 26.8 Å². The van der Waals surface area contributed by atoms with Crippen molar-refractivity contribution in [3.63, 3.8) is 0 Å². The van der Waals surface area contributed by atoms with Crippen LogP contribution in [0.15, 0.2) is 18.2 Å². The molecular formula is C13H20ClNO2. The molecule has 0 atom stereocenters. The average molecular weight is 258 g/mol. The molecule has 4 heteroatoms. The van der Waals surface area contributed by atoms with Crippen LogP contribution in [-0.2, 0) is 11.3 Å². The number of benzene rings is 1. The molecule has 0 amide bonds. The Morgan fingerprint density at radius 3 is 2.47 bits per heavy atom. The highest BCUT2D eigenvalue weighted by Crippen LogP contribution is 2.22. The third-order valence-electron chi connectivity index (χ3n) is 2.13.